The van der Waals surface area contributed by atoms with Crippen LogP contribution < -0.4 is 10.1 Å². The van der Waals surface area contributed by atoms with Crippen LogP contribution >= 0.6 is 15.9 Å². The van der Waals surface area contributed by atoms with Crippen LogP contribution in [-0.4, -0.2) is 21.7 Å². The van der Waals surface area contributed by atoms with E-state index in [4.69, 9.17) is 4.74 Å². The van der Waals surface area contributed by atoms with E-state index in [2.05, 4.69) is 31.3 Å². The van der Waals surface area contributed by atoms with E-state index in [1.165, 1.54) is 6.07 Å². The molecule has 0 radical (unpaired) electrons. The molecule has 2 aromatic heterocycles. The van der Waals surface area contributed by atoms with Gasteiger partial charge in [0.25, 0.3) is 0 Å². The highest BCUT2D eigenvalue weighted by atomic mass is 79.9. The van der Waals surface area contributed by atoms with E-state index >= 15 is 0 Å². The molecule has 0 saturated heterocycles. The molecular weight excluding hydrogens is 449 g/mol. The third kappa shape index (κ3) is 3.74. The molecule has 0 aliphatic carbocycles. The van der Waals surface area contributed by atoms with E-state index < -0.39 is 17.8 Å². The molecule has 0 spiro atoms. The molecule has 0 bridgehead atoms. The predicted molar refractivity (Wildman–Crippen MR) is 108 cm³/mol. The quantitative estimate of drug-likeness (QED) is 0.411. The van der Waals surface area contributed by atoms with E-state index in [1.807, 2.05) is 12.1 Å². The van der Waals surface area contributed by atoms with Crippen LogP contribution in [0.5, 0.6) is 5.75 Å². The van der Waals surface area contributed by atoms with Crippen LogP contribution in [0.25, 0.3) is 16.6 Å². The Balaban J connectivity index is 1.79. The van der Waals surface area contributed by atoms with Crippen molar-refractivity contribution < 1.29 is 17.9 Å². The van der Waals surface area contributed by atoms with Crippen LogP contribution in [0.2, 0.25) is 0 Å². The van der Waals surface area contributed by atoms with Crippen LogP contribution in [0.1, 0.15) is 24.1 Å². The number of halogens is 4. The zero-order valence-electron chi connectivity index (χ0n) is 15.5. The zero-order chi connectivity index (χ0) is 20.8. The Labute approximate surface area is 172 Å². The number of fused-ring (bicyclic) bond motifs is 3. The molecule has 29 heavy (non-hydrogen) atoms. The number of alkyl halides is 3. The summed E-state index contributed by atoms with van der Waals surface area (Å²) in [4.78, 5) is 4.61. The molecule has 0 aliphatic heterocycles. The summed E-state index contributed by atoms with van der Waals surface area (Å²) in [6.45, 7) is 1.79. The van der Waals surface area contributed by atoms with Crippen LogP contribution in [0.3, 0.4) is 0 Å². The van der Waals surface area contributed by atoms with E-state index in [-0.39, 0.29) is 0 Å². The third-order valence-electron chi connectivity index (χ3n) is 4.64. The van der Waals surface area contributed by atoms with Gasteiger partial charge in [0.2, 0.25) is 0 Å². The number of aromatic nitrogens is 3. The topological polar surface area (TPSA) is 51.5 Å². The summed E-state index contributed by atoms with van der Waals surface area (Å²) in [5.74, 6) is 1.21. The second kappa shape index (κ2) is 7.22. The third-order valence-corrected chi connectivity index (χ3v) is 5.03. The summed E-state index contributed by atoms with van der Waals surface area (Å²) in [5, 5.41) is 8.41. The summed E-state index contributed by atoms with van der Waals surface area (Å²) in [6, 6.07) is 12.1. The molecule has 2 heterocycles. The smallest absolute Gasteiger partial charge is 0.416 e. The lowest BCUT2D eigenvalue weighted by Gasteiger charge is -2.18. The molecule has 0 fully saturated rings. The van der Waals surface area contributed by atoms with E-state index in [0.29, 0.717) is 27.4 Å². The summed E-state index contributed by atoms with van der Waals surface area (Å²) in [5.41, 5.74) is 1.19. The van der Waals surface area contributed by atoms with E-state index in [9.17, 15) is 13.2 Å². The van der Waals surface area contributed by atoms with Crippen molar-refractivity contribution in [3.05, 3.63) is 64.3 Å². The number of ether oxygens (including phenoxy) is 1. The molecule has 4 rings (SSSR count). The first-order valence-corrected chi connectivity index (χ1v) is 9.52. The molecule has 2 aromatic carbocycles. The number of hydrogen-bond donors (Lipinski definition) is 1. The first kappa shape index (κ1) is 19.5. The molecular formula is C20H16BrF3N4O. The zero-order valence-corrected chi connectivity index (χ0v) is 17.0. The second-order valence-corrected chi connectivity index (χ2v) is 7.38. The Morgan fingerprint density at radius 2 is 1.93 bits per heavy atom. The van der Waals surface area contributed by atoms with Crippen LogP contribution in [0.4, 0.5) is 19.0 Å². The van der Waals surface area contributed by atoms with Gasteiger partial charge in [-0.15, -0.1) is 0 Å². The van der Waals surface area contributed by atoms with Crippen molar-refractivity contribution in [2.45, 2.75) is 19.1 Å². The maximum Gasteiger partial charge on any atom is 0.416 e. The molecule has 0 amide bonds. The second-order valence-electron chi connectivity index (χ2n) is 6.57. The van der Waals surface area contributed by atoms with Gasteiger partial charge in [-0.25, -0.2) is 9.50 Å². The van der Waals surface area contributed by atoms with Gasteiger partial charge in [0.15, 0.2) is 5.65 Å². The van der Waals surface area contributed by atoms with Crippen molar-refractivity contribution in [2.75, 3.05) is 12.4 Å². The largest absolute Gasteiger partial charge is 0.497 e. The van der Waals surface area contributed by atoms with Crippen molar-refractivity contribution in [3.63, 3.8) is 0 Å². The Kier molecular flexibility index (Phi) is 4.85. The lowest BCUT2D eigenvalue weighted by Crippen LogP contribution is -2.12. The minimum absolute atomic E-state index is 0.399. The number of methoxy groups -OCH3 is 1. The van der Waals surface area contributed by atoms with Crippen LogP contribution in [0, 0.1) is 0 Å². The van der Waals surface area contributed by atoms with Crippen LogP contribution in [0.15, 0.2) is 53.1 Å². The van der Waals surface area contributed by atoms with Gasteiger partial charge in [0.1, 0.15) is 16.2 Å². The Bertz CT molecular complexity index is 1210. The minimum atomic E-state index is -4.39. The van der Waals surface area contributed by atoms with Gasteiger partial charge >= 0.3 is 6.18 Å². The number of nitrogens with one attached hydrogen (secondary N) is 1. The van der Waals surface area contributed by atoms with Crippen LogP contribution in [-0.2, 0) is 6.18 Å². The van der Waals surface area contributed by atoms with Crippen molar-refractivity contribution in [1.82, 2.24) is 14.6 Å². The average Bonchev–Trinajstić information content (AvgIpc) is 3.07. The number of rotatable bonds is 4. The molecule has 0 saturated carbocycles. The molecule has 1 atom stereocenters. The molecule has 4 aromatic rings. The summed E-state index contributed by atoms with van der Waals surface area (Å²) >= 11 is 3.35. The van der Waals surface area contributed by atoms with Gasteiger partial charge in [-0.3, -0.25) is 0 Å². The maximum atomic E-state index is 13.1. The standard InChI is InChI=1S/C20H16BrF3N4O/c1-11(12-4-3-5-13(8-12)20(22,23)24)25-19-15-7-6-14(29-2)9-16(15)28-18(26-19)10-17(21)27-28/h3-11H,1-2H3,(H,25,26)/t11-/m1/s1. The lowest BCUT2D eigenvalue weighted by atomic mass is 10.0. The fourth-order valence-electron chi connectivity index (χ4n) is 3.17. The molecule has 150 valence electrons. The normalized spacial score (nSPS) is 13.0. The highest BCUT2D eigenvalue weighted by Gasteiger charge is 2.30. The van der Waals surface area contributed by atoms with Crippen molar-refractivity contribution in [2.24, 2.45) is 0 Å². The number of hydrogen-bond acceptors (Lipinski definition) is 4. The van der Waals surface area contributed by atoms with E-state index in [0.717, 1.165) is 23.0 Å². The lowest BCUT2D eigenvalue weighted by molar-refractivity contribution is -0.137. The average molecular weight is 465 g/mol. The monoisotopic (exact) mass is 464 g/mol. The highest BCUT2D eigenvalue weighted by molar-refractivity contribution is 9.10. The van der Waals surface area contributed by atoms with E-state index in [1.54, 1.807) is 36.7 Å². The predicted octanol–water partition coefficient (Wildman–Crippen LogP) is 5.85. The summed E-state index contributed by atoms with van der Waals surface area (Å²) < 4.78 is 46.8. The molecule has 0 aliphatic rings. The fourth-order valence-corrected chi connectivity index (χ4v) is 3.54. The van der Waals surface area contributed by atoms with Gasteiger partial charge < -0.3 is 10.1 Å². The first-order chi connectivity index (χ1) is 13.8. The highest BCUT2D eigenvalue weighted by Crippen LogP contribution is 2.33. The number of anilines is 1. The molecule has 9 heteroatoms. The number of nitrogens with zero attached hydrogens (tertiary/aromatic N) is 3. The molecule has 1 N–H and O–H groups in total. The van der Waals surface area contributed by atoms with Gasteiger partial charge in [-0.1, -0.05) is 12.1 Å². The SMILES string of the molecule is COc1ccc2c(N[C@H](C)c3cccc(C(F)(F)F)c3)nc3cc(Br)nn3c2c1. The molecule has 5 nitrogen and oxygen atoms in total. The van der Waals surface area contributed by atoms with Gasteiger partial charge in [-0.05, 0) is 52.7 Å². The van der Waals surface area contributed by atoms with Gasteiger partial charge in [0.05, 0.1) is 18.2 Å². The van der Waals surface area contributed by atoms with Crippen molar-refractivity contribution in [3.8, 4) is 5.75 Å². The van der Waals surface area contributed by atoms with Gasteiger partial charge in [-0.2, -0.15) is 18.3 Å². The Morgan fingerprint density at radius 3 is 2.66 bits per heavy atom. The Hall–Kier alpha value is -2.81. The summed E-state index contributed by atoms with van der Waals surface area (Å²) in [6.07, 6.45) is -4.39. The molecule has 0 unspecified atom stereocenters. The minimum Gasteiger partial charge on any atom is -0.497 e. The maximum absolute atomic E-state index is 13.1. The first-order valence-electron chi connectivity index (χ1n) is 8.73. The van der Waals surface area contributed by atoms with Crippen molar-refractivity contribution in [1.29, 1.82) is 0 Å². The van der Waals surface area contributed by atoms with Crippen molar-refractivity contribution >= 4 is 38.3 Å². The Morgan fingerprint density at radius 1 is 1.14 bits per heavy atom. The fraction of sp³-hybridized carbons (Fsp3) is 0.200. The summed E-state index contributed by atoms with van der Waals surface area (Å²) in [7, 11) is 1.58. The van der Waals surface area contributed by atoms with Gasteiger partial charge in [0, 0.05) is 23.6 Å². The number of benzene rings is 2.